The summed E-state index contributed by atoms with van der Waals surface area (Å²) in [5.74, 6) is 0. The fourth-order valence-corrected chi connectivity index (χ4v) is 1.73. The van der Waals surface area contributed by atoms with Gasteiger partial charge in [-0.1, -0.05) is 12.2 Å². The summed E-state index contributed by atoms with van der Waals surface area (Å²) in [4.78, 5) is 0. The summed E-state index contributed by atoms with van der Waals surface area (Å²) in [7, 11) is 0. The number of allylic oxidation sites excluding steroid dienone is 1. The van der Waals surface area contributed by atoms with Crippen molar-refractivity contribution in [3.05, 3.63) is 12.2 Å². The number of hydrogen-bond acceptors (Lipinski definition) is 2. The Balaban J connectivity index is 1.73. The van der Waals surface area contributed by atoms with Gasteiger partial charge in [0.05, 0.1) is 6.10 Å². The third-order valence-corrected chi connectivity index (χ3v) is 2.43. The van der Waals surface area contributed by atoms with Gasteiger partial charge in [0.2, 0.25) is 0 Å². The fourth-order valence-electron chi connectivity index (χ4n) is 1.73. The summed E-state index contributed by atoms with van der Waals surface area (Å²) >= 11 is 0. The van der Waals surface area contributed by atoms with E-state index in [1.165, 1.54) is 12.8 Å². The molecule has 2 atom stereocenters. The summed E-state index contributed by atoms with van der Waals surface area (Å²) in [6, 6.07) is 0. The predicted molar refractivity (Wildman–Crippen MR) is 46.8 cm³/mol. The minimum absolute atomic E-state index is 0.0755. The topological polar surface area (TPSA) is 18.5 Å². The van der Waals surface area contributed by atoms with Crippen LogP contribution in [0, 0.1) is 0 Å². The van der Waals surface area contributed by atoms with Crippen LogP contribution in [0.4, 0.5) is 0 Å². The van der Waals surface area contributed by atoms with Crippen molar-refractivity contribution in [2.75, 3.05) is 6.61 Å². The molecule has 1 saturated heterocycles. The Kier molecular flexibility index (Phi) is 2.79. The van der Waals surface area contributed by atoms with Crippen LogP contribution >= 0.6 is 0 Å². The zero-order valence-electron chi connectivity index (χ0n) is 7.37. The Bertz CT molecular complexity index is 159. The van der Waals surface area contributed by atoms with Crippen LogP contribution < -0.4 is 0 Å². The summed E-state index contributed by atoms with van der Waals surface area (Å²) in [5.41, 5.74) is 0. The first-order chi connectivity index (χ1) is 5.95. The van der Waals surface area contributed by atoms with E-state index in [1.807, 2.05) is 0 Å². The van der Waals surface area contributed by atoms with E-state index >= 15 is 0 Å². The zero-order chi connectivity index (χ0) is 8.23. The van der Waals surface area contributed by atoms with Crippen molar-refractivity contribution in [2.45, 2.75) is 44.5 Å². The monoisotopic (exact) mass is 168 g/mol. The standard InChI is InChI=1S/C10H16O2/c1-2-6-9(5-1)12-10-7-3-4-8-11-10/h1,5,9-10H,2-4,6-8H2. The second kappa shape index (κ2) is 4.06. The predicted octanol–water partition coefficient (Wildman–Crippen LogP) is 2.25. The molecule has 0 aromatic carbocycles. The SMILES string of the molecule is C1=CC(OC2CCCCO2)CC1. The molecule has 0 saturated carbocycles. The van der Waals surface area contributed by atoms with Crippen LogP contribution in [0.15, 0.2) is 12.2 Å². The zero-order valence-corrected chi connectivity index (χ0v) is 7.37. The lowest BCUT2D eigenvalue weighted by Crippen LogP contribution is -2.26. The molecule has 0 spiro atoms. The Morgan fingerprint density at radius 3 is 2.92 bits per heavy atom. The van der Waals surface area contributed by atoms with Gasteiger partial charge >= 0.3 is 0 Å². The van der Waals surface area contributed by atoms with E-state index < -0.39 is 0 Å². The summed E-state index contributed by atoms with van der Waals surface area (Å²) in [6.07, 6.45) is 10.6. The molecule has 1 fully saturated rings. The molecule has 1 heterocycles. The van der Waals surface area contributed by atoms with Crippen LogP contribution in [-0.2, 0) is 9.47 Å². The lowest BCUT2D eigenvalue weighted by Gasteiger charge is -2.25. The van der Waals surface area contributed by atoms with Crippen LogP contribution in [0.2, 0.25) is 0 Å². The van der Waals surface area contributed by atoms with Gasteiger partial charge in [-0.25, -0.2) is 0 Å². The largest absolute Gasteiger partial charge is 0.353 e. The third-order valence-electron chi connectivity index (χ3n) is 2.43. The molecule has 0 aromatic rings. The van der Waals surface area contributed by atoms with Crippen molar-refractivity contribution in [2.24, 2.45) is 0 Å². The molecule has 2 rings (SSSR count). The van der Waals surface area contributed by atoms with Gasteiger partial charge in [0.1, 0.15) is 0 Å². The average Bonchev–Trinajstić information content (AvgIpc) is 2.59. The van der Waals surface area contributed by atoms with E-state index in [4.69, 9.17) is 9.47 Å². The van der Waals surface area contributed by atoms with Gasteiger partial charge in [-0.05, 0) is 32.1 Å². The van der Waals surface area contributed by atoms with E-state index in [0.29, 0.717) is 6.10 Å². The minimum Gasteiger partial charge on any atom is -0.353 e. The van der Waals surface area contributed by atoms with Crippen molar-refractivity contribution in [3.63, 3.8) is 0 Å². The number of ether oxygens (including phenoxy) is 2. The van der Waals surface area contributed by atoms with Crippen molar-refractivity contribution >= 4 is 0 Å². The highest BCUT2D eigenvalue weighted by Crippen LogP contribution is 2.20. The van der Waals surface area contributed by atoms with E-state index in [1.54, 1.807) is 0 Å². The molecular formula is C10H16O2. The average molecular weight is 168 g/mol. The highest BCUT2D eigenvalue weighted by molar-refractivity contribution is 4.97. The Labute approximate surface area is 73.5 Å². The smallest absolute Gasteiger partial charge is 0.158 e. The van der Waals surface area contributed by atoms with Gasteiger partial charge < -0.3 is 9.47 Å². The van der Waals surface area contributed by atoms with Crippen LogP contribution in [-0.4, -0.2) is 19.0 Å². The van der Waals surface area contributed by atoms with Crippen molar-refractivity contribution in [3.8, 4) is 0 Å². The first kappa shape index (κ1) is 8.27. The maximum absolute atomic E-state index is 5.74. The molecule has 0 radical (unpaired) electrons. The molecule has 68 valence electrons. The second-order valence-corrected chi connectivity index (χ2v) is 3.48. The van der Waals surface area contributed by atoms with E-state index in [-0.39, 0.29) is 6.29 Å². The first-order valence-electron chi connectivity index (χ1n) is 4.89. The maximum atomic E-state index is 5.74. The second-order valence-electron chi connectivity index (χ2n) is 3.48. The van der Waals surface area contributed by atoms with Gasteiger partial charge in [0, 0.05) is 6.61 Å². The van der Waals surface area contributed by atoms with Crippen molar-refractivity contribution < 1.29 is 9.47 Å². The van der Waals surface area contributed by atoms with Crippen molar-refractivity contribution in [1.29, 1.82) is 0 Å². The summed E-state index contributed by atoms with van der Waals surface area (Å²) < 4.78 is 11.2. The Morgan fingerprint density at radius 1 is 1.25 bits per heavy atom. The summed E-state index contributed by atoms with van der Waals surface area (Å²) in [5, 5.41) is 0. The van der Waals surface area contributed by atoms with E-state index in [9.17, 15) is 0 Å². The third kappa shape index (κ3) is 2.08. The number of hydrogen-bond donors (Lipinski definition) is 0. The first-order valence-corrected chi connectivity index (χ1v) is 4.89. The molecule has 12 heavy (non-hydrogen) atoms. The molecule has 0 bridgehead atoms. The van der Waals surface area contributed by atoms with Crippen molar-refractivity contribution in [1.82, 2.24) is 0 Å². The molecule has 1 aliphatic carbocycles. The fraction of sp³-hybridized carbons (Fsp3) is 0.800. The molecule has 2 nitrogen and oxygen atoms in total. The molecular weight excluding hydrogens is 152 g/mol. The van der Waals surface area contributed by atoms with Gasteiger partial charge in [0.25, 0.3) is 0 Å². The quantitative estimate of drug-likeness (QED) is 0.589. The highest BCUT2D eigenvalue weighted by Gasteiger charge is 2.19. The molecule has 0 N–H and O–H groups in total. The molecule has 2 aliphatic rings. The van der Waals surface area contributed by atoms with Gasteiger partial charge in [0.15, 0.2) is 6.29 Å². The normalized spacial score (nSPS) is 35.7. The minimum atomic E-state index is 0.0755. The van der Waals surface area contributed by atoms with Crippen LogP contribution in [0.25, 0.3) is 0 Å². The number of rotatable bonds is 2. The van der Waals surface area contributed by atoms with Gasteiger partial charge in [-0.3, -0.25) is 0 Å². The maximum Gasteiger partial charge on any atom is 0.158 e. The Hall–Kier alpha value is -0.340. The van der Waals surface area contributed by atoms with Crippen LogP contribution in [0.3, 0.4) is 0 Å². The lowest BCUT2D eigenvalue weighted by molar-refractivity contribution is -0.177. The van der Waals surface area contributed by atoms with E-state index in [0.717, 1.165) is 25.9 Å². The molecule has 2 heteroatoms. The van der Waals surface area contributed by atoms with Gasteiger partial charge in [-0.2, -0.15) is 0 Å². The van der Waals surface area contributed by atoms with Crippen LogP contribution in [0.5, 0.6) is 0 Å². The lowest BCUT2D eigenvalue weighted by atomic mass is 10.2. The Morgan fingerprint density at radius 2 is 2.25 bits per heavy atom. The molecule has 1 aliphatic heterocycles. The summed E-state index contributed by atoms with van der Waals surface area (Å²) in [6.45, 7) is 0.876. The molecule has 0 aromatic heterocycles. The highest BCUT2D eigenvalue weighted by atomic mass is 16.7. The molecule has 2 unspecified atom stereocenters. The molecule has 0 amide bonds. The van der Waals surface area contributed by atoms with Gasteiger partial charge in [-0.15, -0.1) is 0 Å². The van der Waals surface area contributed by atoms with Crippen LogP contribution in [0.1, 0.15) is 32.1 Å². The van der Waals surface area contributed by atoms with E-state index in [2.05, 4.69) is 12.2 Å².